The zero-order valence-electron chi connectivity index (χ0n) is 14.1. The molecule has 0 saturated carbocycles. The van der Waals surface area contributed by atoms with Crippen molar-refractivity contribution in [3.05, 3.63) is 51.7 Å². The Balaban J connectivity index is 1.54. The standard InChI is InChI=1S/C17H15N5OS3/c1-11-3-4-15(23-2)14(7-11)22-17(19-20-21-22)26-10-13-9-25-16(18-13)12-5-6-24-8-12/h3-9H,10H2,1-2H3. The molecule has 0 N–H and O–H groups in total. The molecule has 132 valence electrons. The third kappa shape index (κ3) is 3.50. The van der Waals surface area contributed by atoms with Crippen LogP contribution in [0.1, 0.15) is 11.3 Å². The van der Waals surface area contributed by atoms with E-state index in [0.29, 0.717) is 10.9 Å². The average Bonchev–Trinajstić information content (AvgIpc) is 3.40. The van der Waals surface area contributed by atoms with Crippen molar-refractivity contribution in [1.29, 1.82) is 0 Å². The van der Waals surface area contributed by atoms with Crippen LogP contribution in [-0.4, -0.2) is 32.3 Å². The van der Waals surface area contributed by atoms with Crippen LogP contribution in [0.3, 0.4) is 0 Å². The van der Waals surface area contributed by atoms with Crippen molar-refractivity contribution in [1.82, 2.24) is 25.2 Å². The van der Waals surface area contributed by atoms with Gasteiger partial charge in [-0.15, -0.1) is 16.4 Å². The molecule has 6 nitrogen and oxygen atoms in total. The Kier molecular flexibility index (Phi) is 5.00. The molecule has 0 saturated heterocycles. The Bertz CT molecular complexity index is 1010. The van der Waals surface area contributed by atoms with Crippen LogP contribution in [0, 0.1) is 6.92 Å². The van der Waals surface area contributed by atoms with E-state index in [1.54, 1.807) is 46.2 Å². The lowest BCUT2D eigenvalue weighted by molar-refractivity contribution is 0.410. The van der Waals surface area contributed by atoms with Crippen LogP contribution < -0.4 is 4.74 Å². The third-order valence-electron chi connectivity index (χ3n) is 3.67. The van der Waals surface area contributed by atoms with E-state index in [2.05, 4.69) is 37.7 Å². The molecule has 0 aliphatic heterocycles. The van der Waals surface area contributed by atoms with Gasteiger partial charge >= 0.3 is 0 Å². The maximum atomic E-state index is 5.45. The van der Waals surface area contributed by atoms with E-state index in [4.69, 9.17) is 9.72 Å². The number of rotatable bonds is 6. The molecule has 0 aliphatic rings. The van der Waals surface area contributed by atoms with Gasteiger partial charge in [0.25, 0.3) is 0 Å². The fourth-order valence-electron chi connectivity index (χ4n) is 2.42. The maximum Gasteiger partial charge on any atom is 0.214 e. The number of aromatic nitrogens is 5. The van der Waals surface area contributed by atoms with Gasteiger partial charge < -0.3 is 4.74 Å². The van der Waals surface area contributed by atoms with E-state index in [-0.39, 0.29) is 0 Å². The number of tetrazole rings is 1. The fourth-order valence-corrected chi connectivity index (χ4v) is 4.83. The van der Waals surface area contributed by atoms with Crippen molar-refractivity contribution in [2.24, 2.45) is 0 Å². The summed E-state index contributed by atoms with van der Waals surface area (Å²) in [5.41, 5.74) is 4.14. The van der Waals surface area contributed by atoms with Gasteiger partial charge in [-0.1, -0.05) is 17.8 Å². The van der Waals surface area contributed by atoms with Gasteiger partial charge in [-0.25, -0.2) is 4.98 Å². The Hall–Kier alpha value is -2.23. The number of ether oxygens (including phenoxy) is 1. The number of methoxy groups -OCH3 is 1. The van der Waals surface area contributed by atoms with Crippen LogP contribution in [-0.2, 0) is 5.75 Å². The van der Waals surface area contributed by atoms with Crippen LogP contribution in [0.4, 0.5) is 0 Å². The summed E-state index contributed by atoms with van der Waals surface area (Å²) in [6, 6.07) is 8.02. The summed E-state index contributed by atoms with van der Waals surface area (Å²) in [7, 11) is 1.65. The molecule has 0 bridgehead atoms. The fraction of sp³-hybridized carbons (Fsp3) is 0.176. The Labute approximate surface area is 162 Å². The van der Waals surface area contributed by atoms with E-state index in [0.717, 1.165) is 27.7 Å². The minimum atomic E-state index is 0.704. The van der Waals surface area contributed by atoms with Crippen molar-refractivity contribution >= 4 is 34.4 Å². The lowest BCUT2D eigenvalue weighted by Gasteiger charge is -2.10. The molecule has 0 unspecified atom stereocenters. The van der Waals surface area contributed by atoms with Crippen molar-refractivity contribution in [2.75, 3.05) is 7.11 Å². The number of nitrogens with zero attached hydrogens (tertiary/aromatic N) is 5. The topological polar surface area (TPSA) is 65.7 Å². The SMILES string of the molecule is COc1ccc(C)cc1-n1nnnc1SCc1csc(-c2ccsc2)n1. The summed E-state index contributed by atoms with van der Waals surface area (Å²) in [6.45, 7) is 2.03. The number of thiophene rings is 1. The molecule has 3 heterocycles. The Morgan fingerprint density at radius 3 is 2.96 bits per heavy atom. The zero-order valence-corrected chi connectivity index (χ0v) is 16.6. The molecule has 26 heavy (non-hydrogen) atoms. The summed E-state index contributed by atoms with van der Waals surface area (Å²) in [5, 5.41) is 20.1. The van der Waals surface area contributed by atoms with Crippen molar-refractivity contribution in [3.63, 3.8) is 0 Å². The van der Waals surface area contributed by atoms with Crippen LogP contribution >= 0.6 is 34.4 Å². The predicted octanol–water partition coefficient (Wildman–Crippen LogP) is 4.46. The van der Waals surface area contributed by atoms with E-state index in [1.165, 1.54) is 5.56 Å². The Morgan fingerprint density at radius 2 is 2.15 bits per heavy atom. The highest BCUT2D eigenvalue weighted by Crippen LogP contribution is 2.30. The first kappa shape index (κ1) is 17.2. The number of hydrogen-bond acceptors (Lipinski definition) is 8. The summed E-state index contributed by atoms with van der Waals surface area (Å²) >= 11 is 4.89. The molecule has 4 aromatic rings. The number of aryl methyl sites for hydroxylation is 1. The number of thioether (sulfide) groups is 1. The monoisotopic (exact) mass is 401 g/mol. The highest BCUT2D eigenvalue weighted by atomic mass is 32.2. The molecule has 0 fully saturated rings. The van der Waals surface area contributed by atoms with E-state index in [9.17, 15) is 0 Å². The van der Waals surface area contributed by atoms with Gasteiger partial charge in [-0.05, 0) is 46.5 Å². The van der Waals surface area contributed by atoms with Gasteiger partial charge in [-0.2, -0.15) is 16.0 Å². The summed E-state index contributed by atoms with van der Waals surface area (Å²) < 4.78 is 7.16. The molecular weight excluding hydrogens is 386 g/mol. The summed E-state index contributed by atoms with van der Waals surface area (Å²) in [4.78, 5) is 4.70. The highest BCUT2D eigenvalue weighted by molar-refractivity contribution is 7.98. The van der Waals surface area contributed by atoms with Crippen molar-refractivity contribution in [2.45, 2.75) is 17.8 Å². The molecule has 0 atom stereocenters. The van der Waals surface area contributed by atoms with Gasteiger partial charge in [-0.3, -0.25) is 0 Å². The number of benzene rings is 1. The van der Waals surface area contributed by atoms with Gasteiger partial charge in [0.05, 0.1) is 12.8 Å². The third-order valence-corrected chi connectivity index (χ3v) is 6.25. The van der Waals surface area contributed by atoms with Gasteiger partial charge in [0.2, 0.25) is 5.16 Å². The second-order valence-corrected chi connectivity index (χ2v) is 8.07. The number of thiazole rings is 1. The summed E-state index contributed by atoms with van der Waals surface area (Å²) in [5.74, 6) is 1.44. The molecule has 3 aromatic heterocycles. The van der Waals surface area contributed by atoms with Crippen LogP contribution in [0.15, 0.2) is 45.6 Å². The van der Waals surface area contributed by atoms with Gasteiger partial charge in [0.1, 0.15) is 16.4 Å². The molecule has 0 amide bonds. The second-order valence-electron chi connectivity index (χ2n) is 5.49. The highest BCUT2D eigenvalue weighted by Gasteiger charge is 2.15. The lowest BCUT2D eigenvalue weighted by Crippen LogP contribution is -2.02. The minimum absolute atomic E-state index is 0.704. The average molecular weight is 402 g/mol. The van der Waals surface area contributed by atoms with E-state index >= 15 is 0 Å². The van der Waals surface area contributed by atoms with Gasteiger partial charge in [0.15, 0.2) is 0 Å². The van der Waals surface area contributed by atoms with Gasteiger partial charge in [0, 0.05) is 22.1 Å². The van der Waals surface area contributed by atoms with Crippen molar-refractivity contribution in [3.8, 4) is 22.0 Å². The first-order valence-corrected chi connectivity index (χ1v) is 10.6. The molecule has 0 aliphatic carbocycles. The second kappa shape index (κ2) is 7.56. The molecule has 0 spiro atoms. The quantitative estimate of drug-likeness (QED) is 0.445. The predicted molar refractivity (Wildman–Crippen MR) is 105 cm³/mol. The normalized spacial score (nSPS) is 11.0. The summed E-state index contributed by atoms with van der Waals surface area (Å²) in [6.07, 6.45) is 0. The smallest absolute Gasteiger partial charge is 0.214 e. The van der Waals surface area contributed by atoms with Crippen LogP contribution in [0.2, 0.25) is 0 Å². The lowest BCUT2D eigenvalue weighted by atomic mass is 10.2. The minimum Gasteiger partial charge on any atom is -0.494 e. The molecular formula is C17H15N5OS3. The first-order chi connectivity index (χ1) is 12.7. The van der Waals surface area contributed by atoms with Crippen LogP contribution in [0.5, 0.6) is 5.75 Å². The van der Waals surface area contributed by atoms with Crippen molar-refractivity contribution < 1.29 is 4.74 Å². The molecule has 9 heteroatoms. The maximum absolute atomic E-state index is 5.45. The van der Waals surface area contributed by atoms with Crippen LogP contribution in [0.25, 0.3) is 16.3 Å². The van der Waals surface area contributed by atoms with E-state index < -0.39 is 0 Å². The molecule has 1 aromatic carbocycles. The molecule has 4 rings (SSSR count). The first-order valence-electron chi connectivity index (χ1n) is 7.78. The molecule has 0 radical (unpaired) electrons. The largest absolute Gasteiger partial charge is 0.494 e. The zero-order chi connectivity index (χ0) is 17.9. The van der Waals surface area contributed by atoms with E-state index in [1.807, 2.05) is 25.1 Å². The number of hydrogen-bond donors (Lipinski definition) is 0. The Morgan fingerprint density at radius 1 is 1.23 bits per heavy atom.